The summed E-state index contributed by atoms with van der Waals surface area (Å²) >= 11 is 0. The van der Waals surface area contributed by atoms with Crippen molar-refractivity contribution in [3.63, 3.8) is 0 Å². The molecule has 2 N–H and O–H groups in total. The minimum absolute atomic E-state index is 0.0497. The van der Waals surface area contributed by atoms with E-state index in [4.69, 9.17) is 14.1 Å². The lowest BCUT2D eigenvalue weighted by Gasteiger charge is -2.16. The molecule has 0 radical (unpaired) electrons. The largest absolute Gasteiger partial charge is 0.494 e. The minimum Gasteiger partial charge on any atom is -0.494 e. The molecule has 5 rings (SSSR count). The van der Waals surface area contributed by atoms with Crippen LogP contribution >= 0.6 is 0 Å². The molecule has 6 nitrogen and oxygen atoms in total. The smallest absolute Gasteiger partial charge is 0.252 e. The molecule has 2 aromatic heterocycles. The van der Waals surface area contributed by atoms with E-state index >= 15 is 0 Å². The number of para-hydroxylation sites is 1. The highest BCUT2D eigenvalue weighted by Gasteiger charge is 2.26. The second-order valence-electron chi connectivity index (χ2n) is 8.72. The Morgan fingerprint density at radius 1 is 1.09 bits per heavy atom. The normalized spacial score (nSPS) is 17.7. The molecule has 34 heavy (non-hydrogen) atoms. The van der Waals surface area contributed by atoms with Crippen molar-refractivity contribution in [2.24, 2.45) is 0 Å². The summed E-state index contributed by atoms with van der Waals surface area (Å²) < 4.78 is 10.7. The quantitative estimate of drug-likeness (QED) is 0.375. The van der Waals surface area contributed by atoms with Crippen LogP contribution in [0.3, 0.4) is 0 Å². The van der Waals surface area contributed by atoms with Crippen LogP contribution in [0.4, 0.5) is 0 Å². The Morgan fingerprint density at radius 2 is 1.91 bits per heavy atom. The minimum atomic E-state index is -0.0497. The molecule has 2 aromatic carbocycles. The predicted octanol–water partition coefficient (Wildman–Crippen LogP) is 5.33. The van der Waals surface area contributed by atoms with Crippen LogP contribution in [0, 0.1) is 0 Å². The highest BCUT2D eigenvalue weighted by Crippen LogP contribution is 2.27. The molecule has 1 saturated carbocycles. The Bertz CT molecular complexity index is 1250. The van der Waals surface area contributed by atoms with Gasteiger partial charge in [-0.05, 0) is 68.7 Å². The van der Waals surface area contributed by atoms with Crippen LogP contribution < -0.4 is 15.4 Å². The van der Waals surface area contributed by atoms with Crippen molar-refractivity contribution in [3.05, 3.63) is 84.3 Å². The molecule has 6 heteroatoms. The zero-order chi connectivity index (χ0) is 23.3. The molecule has 1 aliphatic rings. The van der Waals surface area contributed by atoms with Crippen molar-refractivity contribution in [2.75, 3.05) is 6.61 Å². The highest BCUT2D eigenvalue weighted by molar-refractivity contribution is 6.07. The third-order valence-corrected chi connectivity index (χ3v) is 6.36. The Morgan fingerprint density at radius 3 is 2.71 bits per heavy atom. The lowest BCUT2D eigenvalue weighted by molar-refractivity contribution is 0.0939. The van der Waals surface area contributed by atoms with Gasteiger partial charge in [0.1, 0.15) is 5.75 Å². The van der Waals surface area contributed by atoms with Crippen LogP contribution in [-0.4, -0.2) is 29.6 Å². The molecule has 0 saturated heterocycles. The van der Waals surface area contributed by atoms with Crippen LogP contribution in [0.2, 0.25) is 0 Å². The first-order valence-corrected chi connectivity index (χ1v) is 11.9. The van der Waals surface area contributed by atoms with Crippen LogP contribution in [0.5, 0.6) is 5.75 Å². The number of aromatic nitrogens is 1. The lowest BCUT2D eigenvalue weighted by atomic mass is 10.0. The van der Waals surface area contributed by atoms with Gasteiger partial charge in [-0.1, -0.05) is 18.2 Å². The summed E-state index contributed by atoms with van der Waals surface area (Å²) in [5, 5.41) is 7.70. The van der Waals surface area contributed by atoms with Crippen LogP contribution in [0.15, 0.2) is 77.6 Å². The summed E-state index contributed by atoms with van der Waals surface area (Å²) in [4.78, 5) is 18.2. The standard InChI is InChI=1S/C28H29N3O3/c1-2-34-23-11-7-20(8-12-23)27-16-25(24-5-3-4-6-26(24)31-27)28(32)30-22-10-9-21(15-22)29-17-19-13-14-33-18-19/h3-8,11-14,16,18,21-22,29H,2,9-10,15,17H2,1H3,(H,30,32)/t21-,22+/m0/s1. The Balaban J connectivity index is 1.32. The molecule has 2 heterocycles. The van der Waals surface area contributed by atoms with Gasteiger partial charge in [0.15, 0.2) is 0 Å². The monoisotopic (exact) mass is 455 g/mol. The molecule has 0 unspecified atom stereocenters. The first-order valence-electron chi connectivity index (χ1n) is 11.9. The fraction of sp³-hybridized carbons (Fsp3) is 0.286. The van der Waals surface area contributed by atoms with Crippen molar-refractivity contribution in [1.82, 2.24) is 15.6 Å². The summed E-state index contributed by atoms with van der Waals surface area (Å²) in [6.45, 7) is 3.37. The van der Waals surface area contributed by atoms with Gasteiger partial charge < -0.3 is 19.8 Å². The number of carbonyl (C=O) groups excluding carboxylic acids is 1. The van der Waals surface area contributed by atoms with E-state index in [1.54, 1.807) is 12.5 Å². The number of benzene rings is 2. The first kappa shape index (κ1) is 22.2. The Labute approximate surface area is 199 Å². The van der Waals surface area contributed by atoms with E-state index < -0.39 is 0 Å². The van der Waals surface area contributed by atoms with E-state index in [0.29, 0.717) is 18.2 Å². The van der Waals surface area contributed by atoms with Crippen LogP contribution in [0.25, 0.3) is 22.2 Å². The van der Waals surface area contributed by atoms with Gasteiger partial charge in [0.2, 0.25) is 0 Å². The van der Waals surface area contributed by atoms with Gasteiger partial charge in [-0.2, -0.15) is 0 Å². The molecule has 0 aliphatic heterocycles. The zero-order valence-corrected chi connectivity index (χ0v) is 19.3. The second-order valence-corrected chi connectivity index (χ2v) is 8.72. The number of hydrogen-bond acceptors (Lipinski definition) is 5. The topological polar surface area (TPSA) is 76.4 Å². The van der Waals surface area contributed by atoms with Gasteiger partial charge >= 0.3 is 0 Å². The third kappa shape index (κ3) is 4.97. The Kier molecular flexibility index (Phi) is 6.58. The number of fused-ring (bicyclic) bond motifs is 1. The molecule has 1 fully saturated rings. The van der Waals surface area contributed by atoms with Crippen molar-refractivity contribution >= 4 is 16.8 Å². The van der Waals surface area contributed by atoms with Gasteiger partial charge in [0.25, 0.3) is 5.91 Å². The summed E-state index contributed by atoms with van der Waals surface area (Å²) in [7, 11) is 0. The number of nitrogens with one attached hydrogen (secondary N) is 2. The Hall–Kier alpha value is -3.64. The fourth-order valence-electron chi connectivity index (χ4n) is 4.62. The van der Waals surface area contributed by atoms with Crippen molar-refractivity contribution in [3.8, 4) is 17.0 Å². The maximum absolute atomic E-state index is 13.4. The summed E-state index contributed by atoms with van der Waals surface area (Å²) in [6, 6.07) is 20.1. The third-order valence-electron chi connectivity index (χ3n) is 6.36. The number of furan rings is 1. The number of hydrogen-bond donors (Lipinski definition) is 2. The molecule has 4 aromatic rings. The van der Waals surface area contributed by atoms with E-state index in [1.165, 1.54) is 0 Å². The molecule has 1 amide bonds. The molecule has 2 atom stereocenters. The molecule has 0 spiro atoms. The van der Waals surface area contributed by atoms with Gasteiger partial charge in [-0.25, -0.2) is 4.98 Å². The van der Waals surface area contributed by atoms with Gasteiger partial charge in [0, 0.05) is 35.1 Å². The van der Waals surface area contributed by atoms with Crippen molar-refractivity contribution in [1.29, 1.82) is 0 Å². The SMILES string of the molecule is CCOc1ccc(-c2cc(C(=O)N[C@@H]3CC[C@H](NCc4ccoc4)C3)c3ccccc3n2)cc1. The maximum Gasteiger partial charge on any atom is 0.252 e. The van der Waals surface area contributed by atoms with Crippen LogP contribution in [-0.2, 0) is 6.54 Å². The zero-order valence-electron chi connectivity index (χ0n) is 19.3. The predicted molar refractivity (Wildman–Crippen MR) is 133 cm³/mol. The average Bonchev–Trinajstić information content (AvgIpc) is 3.55. The van der Waals surface area contributed by atoms with Crippen molar-refractivity contribution in [2.45, 2.75) is 44.8 Å². The first-order chi connectivity index (χ1) is 16.7. The highest BCUT2D eigenvalue weighted by atomic mass is 16.5. The molecule has 0 bridgehead atoms. The van der Waals surface area contributed by atoms with E-state index in [0.717, 1.165) is 59.3 Å². The van der Waals surface area contributed by atoms with Gasteiger partial charge in [0.05, 0.1) is 35.9 Å². The average molecular weight is 456 g/mol. The van der Waals surface area contributed by atoms with Crippen molar-refractivity contribution < 1.29 is 13.9 Å². The number of nitrogens with zero attached hydrogens (tertiary/aromatic N) is 1. The van der Waals surface area contributed by atoms with Gasteiger partial charge in [-0.15, -0.1) is 0 Å². The molecule has 174 valence electrons. The number of ether oxygens (including phenoxy) is 1. The van der Waals surface area contributed by atoms with E-state index in [9.17, 15) is 4.79 Å². The van der Waals surface area contributed by atoms with Gasteiger partial charge in [-0.3, -0.25) is 4.79 Å². The van der Waals surface area contributed by atoms with E-state index in [2.05, 4.69) is 10.6 Å². The number of amides is 1. The molecular formula is C28H29N3O3. The molecular weight excluding hydrogens is 426 g/mol. The number of pyridine rings is 1. The fourth-order valence-corrected chi connectivity index (χ4v) is 4.62. The number of rotatable bonds is 8. The lowest BCUT2D eigenvalue weighted by Crippen LogP contribution is -2.35. The van der Waals surface area contributed by atoms with E-state index in [-0.39, 0.29) is 11.9 Å². The summed E-state index contributed by atoms with van der Waals surface area (Å²) in [5.41, 5.74) is 4.33. The van der Waals surface area contributed by atoms with E-state index in [1.807, 2.05) is 67.6 Å². The van der Waals surface area contributed by atoms with Crippen LogP contribution in [0.1, 0.15) is 42.1 Å². The number of carbonyl (C=O) groups is 1. The summed E-state index contributed by atoms with van der Waals surface area (Å²) in [5.74, 6) is 0.772. The summed E-state index contributed by atoms with van der Waals surface area (Å²) in [6.07, 6.45) is 6.37. The molecule has 1 aliphatic carbocycles. The second kappa shape index (κ2) is 10.1. The maximum atomic E-state index is 13.4.